The number of rotatable bonds is 0. The molecule has 0 amide bonds. The second-order valence-corrected chi connectivity index (χ2v) is 3.54. The molecule has 0 saturated carbocycles. The Labute approximate surface area is 91.1 Å². The summed E-state index contributed by atoms with van der Waals surface area (Å²) in [4.78, 5) is 0. The van der Waals surface area contributed by atoms with Gasteiger partial charge >= 0.3 is 0 Å². The molecule has 16 heavy (non-hydrogen) atoms. The standard InChI is InChI=1S/C13H7NO2/c14-7-8-5-6-11-12(13(8)15)9-3-1-2-4-10(9)16-11/h1-6,15H. The number of phenolic OH excluding ortho intramolecular Hbond substituents is 1. The zero-order chi connectivity index (χ0) is 11.1. The maximum atomic E-state index is 9.95. The van der Waals surface area contributed by atoms with Crippen molar-refractivity contribution in [1.29, 1.82) is 5.26 Å². The lowest BCUT2D eigenvalue weighted by Gasteiger charge is -1.96. The van der Waals surface area contributed by atoms with Crippen LogP contribution >= 0.6 is 0 Å². The number of fused-ring (bicyclic) bond motifs is 3. The minimum Gasteiger partial charge on any atom is -0.506 e. The molecule has 0 saturated heterocycles. The van der Waals surface area contributed by atoms with Crippen LogP contribution < -0.4 is 0 Å². The van der Waals surface area contributed by atoms with Gasteiger partial charge in [0.05, 0.1) is 10.9 Å². The highest BCUT2D eigenvalue weighted by Crippen LogP contribution is 2.36. The normalized spacial score (nSPS) is 10.7. The lowest BCUT2D eigenvalue weighted by molar-refractivity contribution is 0.480. The van der Waals surface area contributed by atoms with Gasteiger partial charge in [0.25, 0.3) is 0 Å². The highest BCUT2D eigenvalue weighted by atomic mass is 16.3. The Balaban J connectivity index is 2.59. The van der Waals surface area contributed by atoms with Gasteiger partial charge in [0.15, 0.2) is 0 Å². The van der Waals surface area contributed by atoms with Crippen molar-refractivity contribution in [1.82, 2.24) is 0 Å². The summed E-state index contributed by atoms with van der Waals surface area (Å²) in [6.45, 7) is 0. The Hall–Kier alpha value is -2.47. The Morgan fingerprint density at radius 1 is 1.06 bits per heavy atom. The van der Waals surface area contributed by atoms with Crippen LogP contribution in [0.25, 0.3) is 21.9 Å². The van der Waals surface area contributed by atoms with Crippen LogP contribution in [-0.4, -0.2) is 5.11 Å². The topological polar surface area (TPSA) is 57.2 Å². The number of furan rings is 1. The van der Waals surface area contributed by atoms with E-state index in [1.165, 1.54) is 0 Å². The van der Waals surface area contributed by atoms with Gasteiger partial charge in [-0.1, -0.05) is 18.2 Å². The van der Waals surface area contributed by atoms with E-state index in [0.717, 1.165) is 5.39 Å². The lowest BCUT2D eigenvalue weighted by atomic mass is 10.1. The molecule has 0 aliphatic carbocycles. The van der Waals surface area contributed by atoms with Crippen LogP contribution in [0.3, 0.4) is 0 Å². The van der Waals surface area contributed by atoms with Gasteiger partial charge < -0.3 is 9.52 Å². The second-order valence-electron chi connectivity index (χ2n) is 3.54. The zero-order valence-corrected chi connectivity index (χ0v) is 8.27. The van der Waals surface area contributed by atoms with Gasteiger partial charge in [-0.05, 0) is 18.2 Å². The highest BCUT2D eigenvalue weighted by Gasteiger charge is 2.13. The molecule has 76 valence electrons. The number of nitriles is 1. The van der Waals surface area contributed by atoms with E-state index in [4.69, 9.17) is 9.68 Å². The van der Waals surface area contributed by atoms with Crippen molar-refractivity contribution in [3.8, 4) is 11.8 Å². The van der Waals surface area contributed by atoms with Crippen LogP contribution in [0.1, 0.15) is 5.56 Å². The average Bonchev–Trinajstić information content (AvgIpc) is 2.68. The molecule has 3 nitrogen and oxygen atoms in total. The Bertz CT molecular complexity index is 735. The quantitative estimate of drug-likeness (QED) is 0.618. The molecule has 0 fully saturated rings. The predicted molar refractivity (Wildman–Crippen MR) is 60.1 cm³/mol. The lowest BCUT2D eigenvalue weighted by Crippen LogP contribution is -1.76. The third-order valence-electron chi connectivity index (χ3n) is 2.64. The first kappa shape index (κ1) is 8.81. The molecule has 3 aromatic rings. The molecular formula is C13H7NO2. The molecule has 0 atom stereocenters. The molecule has 0 unspecified atom stereocenters. The van der Waals surface area contributed by atoms with Gasteiger partial charge in [0.1, 0.15) is 23.0 Å². The molecular weight excluding hydrogens is 202 g/mol. The third-order valence-corrected chi connectivity index (χ3v) is 2.64. The van der Waals surface area contributed by atoms with E-state index in [2.05, 4.69) is 0 Å². The molecule has 1 aromatic heterocycles. The van der Waals surface area contributed by atoms with E-state index in [1.54, 1.807) is 12.1 Å². The number of phenols is 1. The van der Waals surface area contributed by atoms with Crippen LogP contribution in [0, 0.1) is 11.3 Å². The maximum Gasteiger partial charge on any atom is 0.145 e. The Kier molecular flexibility index (Phi) is 1.66. The van der Waals surface area contributed by atoms with Gasteiger partial charge in [-0.25, -0.2) is 0 Å². The summed E-state index contributed by atoms with van der Waals surface area (Å²) in [5.74, 6) is -0.00931. The van der Waals surface area contributed by atoms with E-state index in [1.807, 2.05) is 30.3 Å². The Morgan fingerprint density at radius 2 is 1.88 bits per heavy atom. The molecule has 0 radical (unpaired) electrons. The zero-order valence-electron chi connectivity index (χ0n) is 8.27. The number of nitrogens with zero attached hydrogens (tertiary/aromatic N) is 1. The molecule has 0 spiro atoms. The number of benzene rings is 2. The first-order valence-electron chi connectivity index (χ1n) is 4.84. The van der Waals surface area contributed by atoms with Crippen LogP contribution in [0.5, 0.6) is 5.75 Å². The van der Waals surface area contributed by atoms with Crippen molar-refractivity contribution in [2.24, 2.45) is 0 Å². The van der Waals surface area contributed by atoms with E-state index >= 15 is 0 Å². The van der Waals surface area contributed by atoms with Gasteiger partial charge in [-0.2, -0.15) is 5.26 Å². The fraction of sp³-hybridized carbons (Fsp3) is 0. The fourth-order valence-corrected chi connectivity index (χ4v) is 1.89. The highest BCUT2D eigenvalue weighted by molar-refractivity contribution is 6.08. The van der Waals surface area contributed by atoms with Gasteiger partial charge in [0, 0.05) is 5.39 Å². The molecule has 0 aliphatic rings. The summed E-state index contributed by atoms with van der Waals surface area (Å²) >= 11 is 0. The van der Waals surface area contributed by atoms with Gasteiger partial charge in [0.2, 0.25) is 0 Å². The monoisotopic (exact) mass is 209 g/mol. The summed E-state index contributed by atoms with van der Waals surface area (Å²) < 4.78 is 5.56. The van der Waals surface area contributed by atoms with Crippen molar-refractivity contribution < 1.29 is 9.52 Å². The van der Waals surface area contributed by atoms with Crippen LogP contribution in [0.2, 0.25) is 0 Å². The smallest absolute Gasteiger partial charge is 0.145 e. The molecule has 0 aliphatic heterocycles. The summed E-state index contributed by atoms with van der Waals surface area (Å²) in [6.07, 6.45) is 0. The third kappa shape index (κ3) is 1.01. The summed E-state index contributed by atoms with van der Waals surface area (Å²) in [5, 5.41) is 20.2. The first-order chi connectivity index (χ1) is 7.81. The minimum atomic E-state index is -0.00931. The van der Waals surface area contributed by atoms with Crippen molar-refractivity contribution in [2.45, 2.75) is 0 Å². The summed E-state index contributed by atoms with van der Waals surface area (Å²) in [7, 11) is 0. The van der Waals surface area contributed by atoms with Gasteiger partial charge in [-0.15, -0.1) is 0 Å². The van der Waals surface area contributed by atoms with E-state index in [9.17, 15) is 5.11 Å². The number of para-hydroxylation sites is 1. The molecule has 3 rings (SSSR count). The van der Waals surface area contributed by atoms with E-state index < -0.39 is 0 Å². The van der Waals surface area contributed by atoms with E-state index in [-0.39, 0.29) is 11.3 Å². The molecule has 1 N–H and O–H groups in total. The number of hydrogen-bond donors (Lipinski definition) is 1. The maximum absolute atomic E-state index is 9.95. The average molecular weight is 209 g/mol. The van der Waals surface area contributed by atoms with Gasteiger partial charge in [-0.3, -0.25) is 0 Å². The van der Waals surface area contributed by atoms with Crippen molar-refractivity contribution in [3.63, 3.8) is 0 Å². The van der Waals surface area contributed by atoms with Crippen molar-refractivity contribution >= 4 is 21.9 Å². The summed E-state index contributed by atoms with van der Waals surface area (Å²) in [5.41, 5.74) is 1.57. The largest absolute Gasteiger partial charge is 0.506 e. The SMILES string of the molecule is N#Cc1ccc2oc3ccccc3c2c1O. The molecule has 1 heterocycles. The van der Waals surface area contributed by atoms with E-state index in [0.29, 0.717) is 16.6 Å². The first-order valence-corrected chi connectivity index (χ1v) is 4.84. The van der Waals surface area contributed by atoms with Crippen molar-refractivity contribution in [3.05, 3.63) is 42.0 Å². The molecule has 3 heteroatoms. The van der Waals surface area contributed by atoms with Crippen LogP contribution in [-0.2, 0) is 0 Å². The second kappa shape index (κ2) is 3.01. The van der Waals surface area contributed by atoms with Crippen molar-refractivity contribution in [2.75, 3.05) is 0 Å². The molecule has 0 bridgehead atoms. The molecule has 2 aromatic carbocycles. The Morgan fingerprint density at radius 3 is 2.69 bits per heavy atom. The number of aromatic hydroxyl groups is 1. The van der Waals surface area contributed by atoms with Crippen LogP contribution in [0.15, 0.2) is 40.8 Å². The number of hydrogen-bond acceptors (Lipinski definition) is 3. The predicted octanol–water partition coefficient (Wildman–Crippen LogP) is 3.16. The minimum absolute atomic E-state index is 0.00931. The summed E-state index contributed by atoms with van der Waals surface area (Å²) in [6, 6.07) is 12.6. The van der Waals surface area contributed by atoms with Crippen LogP contribution in [0.4, 0.5) is 0 Å². The fourth-order valence-electron chi connectivity index (χ4n) is 1.89.